The van der Waals surface area contributed by atoms with E-state index >= 15 is 0 Å². The van der Waals surface area contributed by atoms with E-state index in [2.05, 4.69) is 28.1 Å². The summed E-state index contributed by atoms with van der Waals surface area (Å²) >= 11 is 1.69. The molecule has 1 aliphatic carbocycles. The Labute approximate surface area is 236 Å². The Bertz CT molecular complexity index is 1380. The van der Waals surface area contributed by atoms with Crippen LogP contribution in [0.4, 0.5) is 18.9 Å². The molecule has 212 valence electrons. The number of nitrogens with zero attached hydrogens (tertiary/aromatic N) is 1. The molecule has 0 unspecified atom stereocenters. The Morgan fingerprint density at radius 2 is 1.75 bits per heavy atom. The van der Waals surface area contributed by atoms with Crippen LogP contribution in [0, 0.1) is 6.92 Å². The number of aliphatic carboxylic acids is 1. The fourth-order valence-electron chi connectivity index (χ4n) is 5.96. The van der Waals surface area contributed by atoms with Crippen LogP contribution in [0.2, 0.25) is 0 Å². The molecule has 1 spiro atoms. The number of alkyl halides is 3. The molecule has 1 aliphatic heterocycles. The van der Waals surface area contributed by atoms with Gasteiger partial charge in [-0.05, 0) is 108 Å². The first-order valence-electron chi connectivity index (χ1n) is 13.5. The second-order valence-corrected chi connectivity index (χ2v) is 11.6. The van der Waals surface area contributed by atoms with E-state index in [0.717, 1.165) is 47.4 Å². The number of carboxylic acid groups (broad SMARTS) is 1. The van der Waals surface area contributed by atoms with Crippen LogP contribution in [0.25, 0.3) is 11.1 Å². The Balaban J connectivity index is 1.49. The lowest BCUT2D eigenvalue weighted by Crippen LogP contribution is -2.33. The summed E-state index contributed by atoms with van der Waals surface area (Å²) in [5.41, 5.74) is 6.53. The topological polar surface area (TPSA) is 59.0 Å². The van der Waals surface area contributed by atoms with Gasteiger partial charge in [0.2, 0.25) is 0 Å². The van der Waals surface area contributed by atoms with Gasteiger partial charge in [0.25, 0.3) is 0 Å². The summed E-state index contributed by atoms with van der Waals surface area (Å²) in [6.45, 7) is 4.55. The van der Waals surface area contributed by atoms with Gasteiger partial charge in [0, 0.05) is 16.9 Å². The number of carbonyl (C=O) groups is 1. The summed E-state index contributed by atoms with van der Waals surface area (Å²) in [6.07, 6.45) is 1.86. The smallest absolute Gasteiger partial charge is 0.482 e. The Hall–Kier alpha value is -3.33. The van der Waals surface area contributed by atoms with E-state index in [0.29, 0.717) is 5.75 Å². The number of benzene rings is 3. The van der Waals surface area contributed by atoms with Crippen molar-refractivity contribution >= 4 is 23.6 Å². The second-order valence-electron chi connectivity index (χ2n) is 10.5. The third-order valence-corrected chi connectivity index (χ3v) is 8.78. The van der Waals surface area contributed by atoms with Crippen molar-refractivity contribution < 1.29 is 32.5 Å². The molecule has 5 rings (SSSR count). The summed E-state index contributed by atoms with van der Waals surface area (Å²) in [7, 11) is 0. The summed E-state index contributed by atoms with van der Waals surface area (Å²) in [5, 5.41) is 8.94. The van der Waals surface area contributed by atoms with Gasteiger partial charge in [0.1, 0.15) is 11.5 Å². The van der Waals surface area contributed by atoms with Crippen LogP contribution in [0.1, 0.15) is 55.7 Å². The van der Waals surface area contributed by atoms with Crippen molar-refractivity contribution in [1.29, 1.82) is 0 Å². The molecule has 0 atom stereocenters. The van der Waals surface area contributed by atoms with Crippen LogP contribution >= 0.6 is 11.9 Å². The molecule has 0 aromatic heterocycles. The van der Waals surface area contributed by atoms with Gasteiger partial charge in [-0.3, -0.25) is 0 Å². The van der Waals surface area contributed by atoms with Crippen LogP contribution in [0.3, 0.4) is 0 Å². The SMILES string of the molecule is CCc1cc(-c2ccc(OC(F)(F)F)cc2)cc2c1N(Sc1ccc(OCC(=O)O)c(C)c1)CC21CCCCC1. The van der Waals surface area contributed by atoms with Crippen LogP contribution in [0.5, 0.6) is 11.5 Å². The zero-order chi connectivity index (χ0) is 28.5. The number of hydrogen-bond acceptors (Lipinski definition) is 5. The highest BCUT2D eigenvalue weighted by Crippen LogP contribution is 2.54. The van der Waals surface area contributed by atoms with Gasteiger partial charge in [-0.2, -0.15) is 0 Å². The third kappa shape index (κ3) is 6.04. The van der Waals surface area contributed by atoms with E-state index in [1.165, 1.54) is 48.2 Å². The van der Waals surface area contributed by atoms with Crippen molar-refractivity contribution in [2.75, 3.05) is 17.5 Å². The molecule has 1 fully saturated rings. The molecular formula is C31H32F3NO4S. The molecule has 5 nitrogen and oxygen atoms in total. The van der Waals surface area contributed by atoms with Gasteiger partial charge < -0.3 is 18.9 Å². The van der Waals surface area contributed by atoms with Gasteiger partial charge in [-0.15, -0.1) is 13.2 Å². The maximum atomic E-state index is 12.7. The minimum absolute atomic E-state index is 0.0272. The van der Waals surface area contributed by atoms with Gasteiger partial charge in [-0.25, -0.2) is 4.79 Å². The molecule has 3 aromatic rings. The highest BCUT2D eigenvalue weighted by atomic mass is 32.2. The quantitative estimate of drug-likeness (QED) is 0.275. The minimum atomic E-state index is -4.72. The number of carboxylic acids is 1. The van der Waals surface area contributed by atoms with Gasteiger partial charge >= 0.3 is 12.3 Å². The zero-order valence-corrected chi connectivity index (χ0v) is 23.3. The molecule has 0 bridgehead atoms. The first-order valence-corrected chi connectivity index (χ1v) is 14.3. The molecule has 3 aromatic carbocycles. The Kier molecular flexibility index (Phi) is 7.95. The first-order chi connectivity index (χ1) is 19.1. The maximum absolute atomic E-state index is 12.7. The Morgan fingerprint density at radius 1 is 1.02 bits per heavy atom. The summed E-state index contributed by atoms with van der Waals surface area (Å²) in [4.78, 5) is 11.9. The number of hydrogen-bond donors (Lipinski definition) is 1. The third-order valence-electron chi connectivity index (χ3n) is 7.78. The molecule has 0 amide bonds. The number of fused-ring (bicyclic) bond motifs is 2. The highest BCUT2D eigenvalue weighted by Gasteiger charge is 2.45. The maximum Gasteiger partial charge on any atom is 0.573 e. The van der Waals surface area contributed by atoms with E-state index in [4.69, 9.17) is 9.84 Å². The molecule has 2 aliphatic rings. The van der Waals surface area contributed by atoms with Gasteiger partial charge in [0.15, 0.2) is 6.61 Å². The molecule has 1 heterocycles. The van der Waals surface area contributed by atoms with E-state index < -0.39 is 12.3 Å². The lowest BCUT2D eigenvalue weighted by Gasteiger charge is -2.34. The predicted molar refractivity (Wildman–Crippen MR) is 150 cm³/mol. The molecule has 0 saturated heterocycles. The number of halogens is 3. The number of aryl methyl sites for hydroxylation is 2. The second kappa shape index (κ2) is 11.3. The standard InChI is InChI=1S/C31H32F3NO4S/c1-3-21-16-23(22-7-9-24(10-8-22)39-31(32,33)34)17-26-29(21)35(19-30(26)13-5-4-6-14-30)40-25-11-12-27(20(2)15-25)38-18-28(36)37/h7-12,15-17H,3-6,13-14,18-19H2,1-2H3,(H,36,37). The normalized spacial score (nSPS) is 16.2. The fraction of sp³-hybridized carbons (Fsp3) is 0.387. The fourth-order valence-corrected chi connectivity index (χ4v) is 7.19. The van der Waals surface area contributed by atoms with Crippen molar-refractivity contribution in [2.24, 2.45) is 0 Å². The zero-order valence-electron chi connectivity index (χ0n) is 22.5. The van der Waals surface area contributed by atoms with Crippen molar-refractivity contribution in [2.45, 2.75) is 69.0 Å². The van der Waals surface area contributed by atoms with E-state index in [9.17, 15) is 18.0 Å². The number of anilines is 1. The average Bonchev–Trinajstić information content (AvgIpc) is 3.19. The van der Waals surface area contributed by atoms with Gasteiger partial charge in [-0.1, -0.05) is 38.3 Å². The monoisotopic (exact) mass is 571 g/mol. The largest absolute Gasteiger partial charge is 0.573 e. The van der Waals surface area contributed by atoms with Crippen LogP contribution in [-0.4, -0.2) is 30.6 Å². The van der Waals surface area contributed by atoms with Gasteiger partial charge in [0.05, 0.1) is 5.69 Å². The molecule has 1 saturated carbocycles. The van der Waals surface area contributed by atoms with Crippen LogP contribution < -0.4 is 13.8 Å². The Morgan fingerprint density at radius 3 is 2.38 bits per heavy atom. The number of rotatable bonds is 8. The molecule has 9 heteroatoms. The summed E-state index contributed by atoms with van der Waals surface area (Å²) in [5.74, 6) is -0.682. The summed E-state index contributed by atoms with van der Waals surface area (Å²) in [6, 6.07) is 16.3. The lowest BCUT2D eigenvalue weighted by molar-refractivity contribution is -0.274. The molecular weight excluding hydrogens is 539 g/mol. The number of ether oxygens (including phenoxy) is 2. The molecule has 0 radical (unpaired) electrons. The first kappa shape index (κ1) is 28.2. The highest BCUT2D eigenvalue weighted by molar-refractivity contribution is 8.00. The van der Waals surface area contributed by atoms with Crippen molar-refractivity contribution in [3.63, 3.8) is 0 Å². The summed E-state index contributed by atoms with van der Waals surface area (Å²) < 4.78 is 49.8. The van der Waals surface area contributed by atoms with E-state index in [1.54, 1.807) is 24.1 Å². The molecule has 1 N–H and O–H groups in total. The van der Waals surface area contributed by atoms with Crippen LogP contribution in [0.15, 0.2) is 59.5 Å². The minimum Gasteiger partial charge on any atom is -0.482 e. The van der Waals surface area contributed by atoms with Crippen molar-refractivity contribution in [3.05, 3.63) is 71.3 Å². The predicted octanol–water partition coefficient (Wildman–Crippen LogP) is 8.32. The van der Waals surface area contributed by atoms with E-state index in [-0.39, 0.29) is 17.8 Å². The van der Waals surface area contributed by atoms with Crippen LogP contribution in [-0.2, 0) is 16.6 Å². The molecule has 40 heavy (non-hydrogen) atoms. The lowest BCUT2D eigenvalue weighted by atomic mass is 9.70. The van der Waals surface area contributed by atoms with Crippen molar-refractivity contribution in [3.8, 4) is 22.6 Å². The van der Waals surface area contributed by atoms with Crippen molar-refractivity contribution in [1.82, 2.24) is 0 Å². The average molecular weight is 572 g/mol. The van der Waals surface area contributed by atoms with E-state index in [1.807, 2.05) is 25.1 Å².